The van der Waals surface area contributed by atoms with Gasteiger partial charge in [0.1, 0.15) is 11.2 Å². The predicted molar refractivity (Wildman–Crippen MR) is 245 cm³/mol. The average Bonchev–Trinajstić information content (AvgIpc) is 3.65. The number of hydrogen-bond acceptors (Lipinski definition) is 1. The van der Waals surface area contributed by atoms with Crippen LogP contribution >= 0.6 is 0 Å². The lowest BCUT2D eigenvalue weighted by Gasteiger charge is -2.11. The van der Waals surface area contributed by atoms with Gasteiger partial charge < -0.3 is 4.42 Å². The maximum Gasteiger partial charge on any atom is 0.135 e. The van der Waals surface area contributed by atoms with Crippen LogP contribution in [0, 0.1) is 0 Å². The first-order valence-corrected chi connectivity index (χ1v) is 19.7. The molecule has 1 nitrogen and oxygen atoms in total. The lowest BCUT2D eigenvalue weighted by molar-refractivity contribution is 0.669. The summed E-state index contributed by atoms with van der Waals surface area (Å²) in [6, 6.07) is 71.7. The van der Waals surface area contributed by atoms with Crippen molar-refractivity contribution in [2.24, 2.45) is 0 Å². The molecule has 12 aromatic carbocycles. The van der Waals surface area contributed by atoms with Crippen molar-refractivity contribution in [3.63, 3.8) is 0 Å². The number of benzene rings is 12. The van der Waals surface area contributed by atoms with Crippen molar-refractivity contribution >= 4 is 108 Å². The highest BCUT2D eigenvalue weighted by Crippen LogP contribution is 2.40. The topological polar surface area (TPSA) is 13.1 Å². The molecule has 0 spiro atoms. The maximum absolute atomic E-state index is 6.39. The lowest BCUT2D eigenvalue weighted by Crippen LogP contribution is -1.84. The van der Waals surface area contributed by atoms with Crippen LogP contribution in [0.4, 0.5) is 0 Å². The zero-order valence-electron chi connectivity index (χ0n) is 30.9. The summed E-state index contributed by atoms with van der Waals surface area (Å²) in [6.45, 7) is 0. The molecule has 0 unspecified atom stereocenters. The fourth-order valence-electron chi connectivity index (χ4n) is 9.79. The van der Waals surface area contributed by atoms with Crippen LogP contribution in [0.2, 0.25) is 0 Å². The molecule has 0 aliphatic rings. The van der Waals surface area contributed by atoms with E-state index in [1.165, 1.54) is 108 Å². The molecule has 1 heteroatoms. The normalized spacial score (nSPS) is 12.2. The van der Waals surface area contributed by atoms with Gasteiger partial charge in [0.25, 0.3) is 0 Å². The largest absolute Gasteiger partial charge is 0.456 e. The first kappa shape index (κ1) is 30.8. The van der Waals surface area contributed by atoms with Crippen molar-refractivity contribution in [2.45, 2.75) is 0 Å². The van der Waals surface area contributed by atoms with Gasteiger partial charge in [-0.1, -0.05) is 158 Å². The standard InChI is InChI=1S/C56H32O/c1-3-7-41-33(5-1)9-19-49-45(41)23-25-47-43-17-11-35(29-39(43)13-21-51(47)49)37-15-27-55-53(31-37)54-32-38(16-28-56(54)57-55)36-12-18-44-40(30-36)14-22-52-48(44)26-24-46-42-8-4-2-6-34(42)10-20-50(46)52/h1-32H. The Morgan fingerprint density at radius 1 is 0.193 bits per heavy atom. The SMILES string of the molecule is c1ccc2c(c1)ccc1c2ccc2c3ccc(-c4ccc5oc6ccc(-c7ccc8c(ccc9c8ccc8c%10ccccc%10ccc89)c7)cc6c5c4)cc3ccc21. The van der Waals surface area contributed by atoms with Crippen LogP contribution < -0.4 is 0 Å². The summed E-state index contributed by atoms with van der Waals surface area (Å²) < 4.78 is 6.39. The second-order valence-corrected chi connectivity index (χ2v) is 15.6. The monoisotopic (exact) mass is 720 g/mol. The molecule has 0 atom stereocenters. The van der Waals surface area contributed by atoms with Crippen LogP contribution in [0.25, 0.3) is 130 Å². The summed E-state index contributed by atoms with van der Waals surface area (Å²) in [6.07, 6.45) is 0. The van der Waals surface area contributed by atoms with Gasteiger partial charge in [0.15, 0.2) is 0 Å². The van der Waals surface area contributed by atoms with Crippen molar-refractivity contribution in [2.75, 3.05) is 0 Å². The third kappa shape index (κ3) is 4.51. The summed E-state index contributed by atoms with van der Waals surface area (Å²) in [5.41, 5.74) is 6.57. The third-order valence-corrected chi connectivity index (χ3v) is 12.6. The Morgan fingerprint density at radius 3 is 0.930 bits per heavy atom. The zero-order chi connectivity index (χ0) is 37.2. The van der Waals surface area contributed by atoms with Gasteiger partial charge in [0.2, 0.25) is 0 Å². The van der Waals surface area contributed by atoms with Gasteiger partial charge >= 0.3 is 0 Å². The molecule has 262 valence electrons. The minimum Gasteiger partial charge on any atom is -0.456 e. The van der Waals surface area contributed by atoms with Gasteiger partial charge in [0.05, 0.1) is 0 Å². The van der Waals surface area contributed by atoms with Gasteiger partial charge in [-0.05, 0) is 145 Å². The maximum atomic E-state index is 6.39. The van der Waals surface area contributed by atoms with Gasteiger partial charge in [-0.25, -0.2) is 0 Å². The highest BCUT2D eigenvalue weighted by Gasteiger charge is 2.14. The van der Waals surface area contributed by atoms with Crippen LogP contribution in [0.1, 0.15) is 0 Å². The van der Waals surface area contributed by atoms with Crippen LogP contribution in [-0.2, 0) is 0 Å². The van der Waals surface area contributed by atoms with Crippen molar-refractivity contribution in [3.05, 3.63) is 194 Å². The Balaban J connectivity index is 0.888. The summed E-state index contributed by atoms with van der Waals surface area (Å²) in [4.78, 5) is 0. The molecule has 0 aliphatic heterocycles. The Bertz CT molecular complexity index is 3610. The minimum atomic E-state index is 0.905. The second kappa shape index (κ2) is 11.5. The summed E-state index contributed by atoms with van der Waals surface area (Å²) in [5.74, 6) is 0. The van der Waals surface area contributed by atoms with E-state index in [1.807, 2.05) is 0 Å². The Morgan fingerprint density at radius 2 is 0.491 bits per heavy atom. The summed E-state index contributed by atoms with van der Waals surface area (Å²) in [5, 5.41) is 22.8. The number of hydrogen-bond donors (Lipinski definition) is 0. The highest BCUT2D eigenvalue weighted by molar-refractivity contribution is 6.24. The molecule has 1 heterocycles. The number of fused-ring (bicyclic) bond motifs is 17. The van der Waals surface area contributed by atoms with E-state index < -0.39 is 0 Å². The van der Waals surface area contributed by atoms with E-state index in [9.17, 15) is 0 Å². The van der Waals surface area contributed by atoms with E-state index >= 15 is 0 Å². The predicted octanol–water partition coefficient (Wildman–Crippen LogP) is 16.1. The fraction of sp³-hybridized carbons (Fsp3) is 0. The molecular formula is C56H32O. The third-order valence-electron chi connectivity index (χ3n) is 12.6. The van der Waals surface area contributed by atoms with E-state index in [2.05, 4.69) is 194 Å². The molecule has 0 bridgehead atoms. The van der Waals surface area contributed by atoms with Crippen LogP contribution in [0.15, 0.2) is 199 Å². The molecule has 0 radical (unpaired) electrons. The average molecular weight is 721 g/mol. The van der Waals surface area contributed by atoms with Crippen molar-refractivity contribution in [1.82, 2.24) is 0 Å². The van der Waals surface area contributed by atoms with Crippen LogP contribution in [0.3, 0.4) is 0 Å². The minimum absolute atomic E-state index is 0.905. The Hall–Kier alpha value is -7.48. The van der Waals surface area contributed by atoms with Crippen molar-refractivity contribution < 1.29 is 4.42 Å². The highest BCUT2D eigenvalue weighted by atomic mass is 16.3. The van der Waals surface area contributed by atoms with Gasteiger partial charge in [-0.3, -0.25) is 0 Å². The van der Waals surface area contributed by atoms with Crippen molar-refractivity contribution in [3.8, 4) is 22.3 Å². The van der Waals surface area contributed by atoms with E-state index in [4.69, 9.17) is 4.42 Å². The van der Waals surface area contributed by atoms with E-state index in [0.29, 0.717) is 0 Å². The van der Waals surface area contributed by atoms with Gasteiger partial charge in [0, 0.05) is 10.8 Å². The van der Waals surface area contributed by atoms with E-state index in [0.717, 1.165) is 21.9 Å². The lowest BCUT2D eigenvalue weighted by atomic mass is 9.92. The molecule has 13 aromatic rings. The molecule has 1 aromatic heterocycles. The molecule has 0 fully saturated rings. The Labute approximate surface area is 327 Å². The zero-order valence-corrected chi connectivity index (χ0v) is 30.9. The van der Waals surface area contributed by atoms with E-state index in [1.54, 1.807) is 0 Å². The fourth-order valence-corrected chi connectivity index (χ4v) is 9.79. The molecule has 0 N–H and O–H groups in total. The second-order valence-electron chi connectivity index (χ2n) is 15.6. The Kier molecular flexibility index (Phi) is 6.23. The quantitative estimate of drug-likeness (QED) is 0.162. The molecule has 0 saturated heterocycles. The van der Waals surface area contributed by atoms with Crippen LogP contribution in [-0.4, -0.2) is 0 Å². The molecule has 0 aliphatic carbocycles. The molecule has 57 heavy (non-hydrogen) atoms. The first-order valence-electron chi connectivity index (χ1n) is 19.7. The molecular weight excluding hydrogens is 689 g/mol. The molecule has 0 saturated carbocycles. The number of rotatable bonds is 2. The van der Waals surface area contributed by atoms with Crippen molar-refractivity contribution in [1.29, 1.82) is 0 Å². The number of furan rings is 1. The van der Waals surface area contributed by atoms with E-state index in [-0.39, 0.29) is 0 Å². The summed E-state index contributed by atoms with van der Waals surface area (Å²) >= 11 is 0. The first-order chi connectivity index (χ1) is 28.2. The molecule has 13 rings (SSSR count). The molecule has 0 amide bonds. The van der Waals surface area contributed by atoms with Crippen LogP contribution in [0.5, 0.6) is 0 Å². The van der Waals surface area contributed by atoms with Gasteiger partial charge in [-0.2, -0.15) is 0 Å². The van der Waals surface area contributed by atoms with Gasteiger partial charge in [-0.15, -0.1) is 0 Å². The summed E-state index contributed by atoms with van der Waals surface area (Å²) in [7, 11) is 0. The smallest absolute Gasteiger partial charge is 0.135 e.